The summed E-state index contributed by atoms with van der Waals surface area (Å²) >= 11 is 9.58. The third kappa shape index (κ3) is 5.14. The number of hydrogen-bond acceptors (Lipinski definition) is 7. The number of sulfone groups is 1. The molecule has 1 aliphatic rings. The van der Waals surface area contributed by atoms with Crippen LogP contribution in [0.5, 0.6) is 0 Å². The average molecular weight is 590 g/mol. The lowest BCUT2D eigenvalue weighted by Gasteiger charge is -2.40. The summed E-state index contributed by atoms with van der Waals surface area (Å²) in [5, 5.41) is 14.1. The predicted molar refractivity (Wildman–Crippen MR) is 138 cm³/mol. The van der Waals surface area contributed by atoms with E-state index in [2.05, 4.69) is 32.1 Å². The molecule has 1 aromatic carbocycles. The van der Waals surface area contributed by atoms with E-state index in [0.29, 0.717) is 32.7 Å². The number of aryl methyl sites for hydroxylation is 1. The molecule has 8 nitrogen and oxygen atoms in total. The molecule has 0 radical (unpaired) electrons. The molecule has 36 heavy (non-hydrogen) atoms. The molecule has 1 fully saturated rings. The molecule has 0 unspecified atom stereocenters. The molecule has 2 aromatic heterocycles. The number of Topliss-reactive ketones (excluding diaryl/α,β-unsaturated/α-hetero) is 2. The van der Waals surface area contributed by atoms with Gasteiger partial charge in [0.05, 0.1) is 28.2 Å². The number of ketones is 2. The Morgan fingerprint density at radius 2 is 1.97 bits per heavy atom. The zero-order valence-electron chi connectivity index (χ0n) is 19.6. The summed E-state index contributed by atoms with van der Waals surface area (Å²) in [6.07, 6.45) is 1.99. The molecular weight excluding hydrogens is 568 g/mol. The molecule has 0 saturated carbocycles. The summed E-state index contributed by atoms with van der Waals surface area (Å²) in [6.45, 7) is 3.61. The summed E-state index contributed by atoms with van der Waals surface area (Å²) in [5.74, 6) is -0.390. The van der Waals surface area contributed by atoms with Gasteiger partial charge in [0, 0.05) is 36.1 Å². The smallest absolute Gasteiger partial charge is 0.185 e. The molecule has 4 rings (SSSR count). The van der Waals surface area contributed by atoms with Gasteiger partial charge in [-0.05, 0) is 64.7 Å². The van der Waals surface area contributed by atoms with E-state index in [1.54, 1.807) is 31.2 Å². The van der Waals surface area contributed by atoms with Crippen LogP contribution in [0, 0.1) is 23.7 Å². The minimum absolute atomic E-state index is 0.0330. The molecule has 1 saturated heterocycles. The predicted octanol–water partition coefficient (Wildman–Crippen LogP) is 4.69. The monoisotopic (exact) mass is 588 g/mol. The Balaban J connectivity index is 1.71. The van der Waals surface area contributed by atoms with Gasteiger partial charge in [-0.1, -0.05) is 18.5 Å². The van der Waals surface area contributed by atoms with Gasteiger partial charge in [-0.3, -0.25) is 9.59 Å². The second kappa shape index (κ2) is 9.88. The molecule has 186 valence electrons. The molecule has 1 aliphatic heterocycles. The number of benzene rings is 1. The lowest BCUT2D eigenvalue weighted by atomic mass is 9.80. The van der Waals surface area contributed by atoms with Gasteiger partial charge in [0.2, 0.25) is 0 Å². The lowest BCUT2D eigenvalue weighted by molar-refractivity contribution is 0.0923. The second-order valence-corrected chi connectivity index (χ2v) is 12.4. The van der Waals surface area contributed by atoms with Crippen LogP contribution in [0.3, 0.4) is 0 Å². The first-order chi connectivity index (χ1) is 17.0. The van der Waals surface area contributed by atoms with Crippen LogP contribution in [0.1, 0.15) is 57.3 Å². The SMILES string of the molecule is CCC1(CC(=O)c2cc(C#N)cc(C)c2CC(=O)c2cc(Br)nn2-c2ncccc2Cl)CS(=O)(=O)C1. The van der Waals surface area contributed by atoms with Crippen molar-refractivity contribution in [2.75, 3.05) is 11.5 Å². The fourth-order valence-corrected chi connectivity index (χ4v) is 7.59. The number of aromatic nitrogens is 3. The maximum absolute atomic E-state index is 13.5. The average Bonchev–Trinajstić information content (AvgIpc) is 3.20. The summed E-state index contributed by atoms with van der Waals surface area (Å²) in [4.78, 5) is 31.2. The van der Waals surface area contributed by atoms with Gasteiger partial charge in [0.15, 0.2) is 27.2 Å². The largest absolute Gasteiger partial charge is 0.294 e. The highest BCUT2D eigenvalue weighted by atomic mass is 79.9. The third-order valence-corrected chi connectivity index (χ3v) is 9.27. The molecule has 0 spiro atoms. The first-order valence-electron chi connectivity index (χ1n) is 11.1. The number of pyridine rings is 1. The first kappa shape index (κ1) is 26.2. The maximum atomic E-state index is 13.5. The van der Waals surface area contributed by atoms with Gasteiger partial charge < -0.3 is 0 Å². The molecule has 3 aromatic rings. The zero-order chi connectivity index (χ0) is 26.3. The van der Waals surface area contributed by atoms with Crippen molar-refractivity contribution in [3.63, 3.8) is 0 Å². The normalized spacial score (nSPS) is 15.6. The van der Waals surface area contributed by atoms with Crippen molar-refractivity contribution in [2.24, 2.45) is 5.41 Å². The van der Waals surface area contributed by atoms with E-state index in [-0.39, 0.29) is 53.0 Å². The third-order valence-electron chi connectivity index (χ3n) is 6.48. The van der Waals surface area contributed by atoms with Crippen LogP contribution in [0.15, 0.2) is 41.1 Å². The molecule has 0 atom stereocenters. The van der Waals surface area contributed by atoms with Gasteiger partial charge in [0.25, 0.3) is 0 Å². The van der Waals surface area contributed by atoms with Crippen molar-refractivity contribution in [3.8, 4) is 11.9 Å². The topological polar surface area (TPSA) is 123 Å². The van der Waals surface area contributed by atoms with Crippen LogP contribution in [-0.2, 0) is 16.3 Å². The molecule has 11 heteroatoms. The zero-order valence-corrected chi connectivity index (χ0v) is 22.7. The number of nitriles is 1. The van der Waals surface area contributed by atoms with Crippen molar-refractivity contribution in [3.05, 3.63) is 74.1 Å². The lowest BCUT2D eigenvalue weighted by Crippen LogP contribution is -2.49. The molecule has 0 aliphatic carbocycles. The van der Waals surface area contributed by atoms with Crippen LogP contribution in [0.25, 0.3) is 5.82 Å². The molecular formula is C25H22BrClN4O4S. The highest BCUT2D eigenvalue weighted by Gasteiger charge is 2.48. The van der Waals surface area contributed by atoms with Crippen LogP contribution in [0.4, 0.5) is 0 Å². The summed E-state index contributed by atoms with van der Waals surface area (Å²) in [5.41, 5.74) is 1.28. The standard InChI is InChI=1S/C25H22BrClN4O4S/c1-3-25(13-36(34,35)14-25)11-22(33)18-8-16(12-28)7-15(2)17(18)9-21(32)20-10-23(26)30-31(20)24-19(27)5-4-6-29-24/h4-8,10H,3,9,11,13-14H2,1-2H3. The van der Waals surface area contributed by atoms with Crippen molar-refractivity contribution < 1.29 is 18.0 Å². The Labute approximate surface area is 222 Å². The van der Waals surface area contributed by atoms with E-state index in [1.807, 2.05) is 6.92 Å². The van der Waals surface area contributed by atoms with Gasteiger partial charge in [-0.2, -0.15) is 10.4 Å². The fraction of sp³-hybridized carbons (Fsp3) is 0.320. The van der Waals surface area contributed by atoms with Crippen LogP contribution >= 0.6 is 27.5 Å². The quantitative estimate of drug-likeness (QED) is 0.349. The Morgan fingerprint density at radius 1 is 1.25 bits per heavy atom. The van der Waals surface area contributed by atoms with Gasteiger partial charge in [-0.15, -0.1) is 0 Å². The van der Waals surface area contributed by atoms with Crippen LogP contribution in [0.2, 0.25) is 5.02 Å². The van der Waals surface area contributed by atoms with E-state index in [1.165, 1.54) is 16.9 Å². The van der Waals surface area contributed by atoms with E-state index in [0.717, 1.165) is 0 Å². The van der Waals surface area contributed by atoms with E-state index in [4.69, 9.17) is 11.6 Å². The molecule has 0 amide bonds. The Hall–Kier alpha value is -2.87. The first-order valence-corrected chi connectivity index (χ1v) is 14.1. The fourth-order valence-electron chi connectivity index (χ4n) is 4.62. The number of carbonyl (C=O) groups is 2. The number of carbonyl (C=O) groups excluding carboxylic acids is 2. The molecule has 0 N–H and O–H groups in total. The second-order valence-electron chi connectivity index (χ2n) is 9.09. The number of rotatable bonds is 8. The van der Waals surface area contributed by atoms with Gasteiger partial charge in [-0.25, -0.2) is 18.1 Å². The van der Waals surface area contributed by atoms with E-state index < -0.39 is 15.3 Å². The van der Waals surface area contributed by atoms with E-state index >= 15 is 0 Å². The minimum Gasteiger partial charge on any atom is -0.294 e. The highest BCUT2D eigenvalue weighted by molar-refractivity contribution is 9.10. The van der Waals surface area contributed by atoms with Crippen molar-refractivity contribution in [1.82, 2.24) is 14.8 Å². The van der Waals surface area contributed by atoms with Crippen molar-refractivity contribution in [1.29, 1.82) is 5.26 Å². The molecule has 3 heterocycles. The summed E-state index contributed by atoms with van der Waals surface area (Å²) in [6, 6.07) is 10.0. The highest BCUT2D eigenvalue weighted by Crippen LogP contribution is 2.41. The van der Waals surface area contributed by atoms with Crippen molar-refractivity contribution in [2.45, 2.75) is 33.1 Å². The Morgan fingerprint density at radius 3 is 2.58 bits per heavy atom. The Kier molecular flexibility index (Phi) is 7.19. The number of nitrogens with zero attached hydrogens (tertiary/aromatic N) is 4. The summed E-state index contributed by atoms with van der Waals surface area (Å²) < 4.78 is 25.5. The van der Waals surface area contributed by atoms with Gasteiger partial charge >= 0.3 is 0 Å². The minimum atomic E-state index is -3.14. The van der Waals surface area contributed by atoms with Crippen LogP contribution < -0.4 is 0 Å². The molecule has 0 bridgehead atoms. The number of halogens is 2. The van der Waals surface area contributed by atoms with Gasteiger partial charge in [0.1, 0.15) is 10.3 Å². The Bertz CT molecular complexity index is 1530. The maximum Gasteiger partial charge on any atom is 0.185 e. The summed E-state index contributed by atoms with van der Waals surface area (Å²) in [7, 11) is -3.14. The van der Waals surface area contributed by atoms with Crippen molar-refractivity contribution >= 4 is 48.9 Å². The van der Waals surface area contributed by atoms with Crippen LogP contribution in [-0.4, -0.2) is 46.3 Å². The number of hydrogen-bond donors (Lipinski definition) is 0. The van der Waals surface area contributed by atoms with E-state index in [9.17, 15) is 23.3 Å².